The SMILES string of the molecule is CN(C)CCCOc1ccc(-c2nc3cccc4c3n2CCCC4=O)cc1. The van der Waals surface area contributed by atoms with Gasteiger partial charge in [-0.25, -0.2) is 4.98 Å². The first-order valence-corrected chi connectivity index (χ1v) is 9.54. The molecule has 5 heteroatoms. The number of Topliss-reactive ketones (excluding diaryl/α,β-unsaturated/α-hetero) is 1. The predicted molar refractivity (Wildman–Crippen MR) is 107 cm³/mol. The average molecular weight is 363 g/mol. The standard InChI is InChI=1S/C22H25N3O2/c1-24(2)13-5-15-27-17-11-9-16(10-12-17)22-23-19-7-3-6-18-20(26)8-4-14-25(22)21(18)19/h3,6-7,9-12H,4-5,8,13-15H2,1-2H3. The molecule has 0 N–H and O–H groups in total. The minimum absolute atomic E-state index is 0.215. The largest absolute Gasteiger partial charge is 0.494 e. The number of imidazole rings is 1. The van der Waals surface area contributed by atoms with Crippen LogP contribution in [-0.2, 0) is 6.54 Å². The Morgan fingerprint density at radius 2 is 1.96 bits per heavy atom. The number of carbonyl (C=O) groups excluding carboxylic acids is 1. The van der Waals surface area contributed by atoms with Crippen LogP contribution in [0.15, 0.2) is 42.5 Å². The van der Waals surface area contributed by atoms with Crippen LogP contribution >= 0.6 is 0 Å². The van der Waals surface area contributed by atoms with E-state index in [0.29, 0.717) is 13.0 Å². The van der Waals surface area contributed by atoms with Gasteiger partial charge in [0.2, 0.25) is 0 Å². The molecule has 5 nitrogen and oxygen atoms in total. The Morgan fingerprint density at radius 3 is 2.74 bits per heavy atom. The molecule has 0 saturated heterocycles. The van der Waals surface area contributed by atoms with Crippen LogP contribution in [0.4, 0.5) is 0 Å². The van der Waals surface area contributed by atoms with E-state index >= 15 is 0 Å². The van der Waals surface area contributed by atoms with Crippen molar-refractivity contribution in [2.24, 2.45) is 0 Å². The molecular weight excluding hydrogens is 338 g/mol. The number of carbonyl (C=O) groups is 1. The molecule has 0 radical (unpaired) electrons. The van der Waals surface area contributed by atoms with Crippen molar-refractivity contribution >= 4 is 16.8 Å². The van der Waals surface area contributed by atoms with Crippen molar-refractivity contribution < 1.29 is 9.53 Å². The summed E-state index contributed by atoms with van der Waals surface area (Å²) >= 11 is 0. The highest BCUT2D eigenvalue weighted by atomic mass is 16.5. The Hall–Kier alpha value is -2.66. The fourth-order valence-corrected chi connectivity index (χ4v) is 3.65. The van der Waals surface area contributed by atoms with Gasteiger partial charge in [-0.15, -0.1) is 0 Å². The third-order valence-electron chi connectivity index (χ3n) is 4.98. The first-order chi connectivity index (χ1) is 13.1. The van der Waals surface area contributed by atoms with Crippen molar-refractivity contribution in [3.63, 3.8) is 0 Å². The number of hydrogen-bond acceptors (Lipinski definition) is 4. The minimum atomic E-state index is 0.215. The van der Waals surface area contributed by atoms with Crippen molar-refractivity contribution in [2.75, 3.05) is 27.2 Å². The van der Waals surface area contributed by atoms with Gasteiger partial charge in [0.05, 0.1) is 17.6 Å². The molecule has 0 spiro atoms. The topological polar surface area (TPSA) is 47.4 Å². The maximum absolute atomic E-state index is 12.4. The number of ether oxygens (including phenoxy) is 1. The summed E-state index contributed by atoms with van der Waals surface area (Å²) in [6, 6.07) is 13.9. The van der Waals surface area contributed by atoms with E-state index in [2.05, 4.69) is 35.7 Å². The second-order valence-corrected chi connectivity index (χ2v) is 7.32. The monoisotopic (exact) mass is 363 g/mol. The number of nitrogens with zero attached hydrogens (tertiary/aromatic N) is 3. The Morgan fingerprint density at radius 1 is 1.15 bits per heavy atom. The lowest BCUT2D eigenvalue weighted by molar-refractivity contribution is 0.0982. The van der Waals surface area contributed by atoms with E-state index in [9.17, 15) is 4.79 Å². The summed E-state index contributed by atoms with van der Waals surface area (Å²) < 4.78 is 8.03. The third-order valence-corrected chi connectivity index (χ3v) is 4.98. The zero-order valence-electron chi connectivity index (χ0n) is 15.9. The van der Waals surface area contributed by atoms with E-state index in [0.717, 1.165) is 59.7 Å². The molecule has 140 valence electrons. The zero-order valence-corrected chi connectivity index (χ0v) is 15.9. The fourth-order valence-electron chi connectivity index (χ4n) is 3.65. The van der Waals surface area contributed by atoms with Gasteiger partial charge in [0, 0.05) is 30.6 Å². The molecular formula is C22H25N3O2. The summed E-state index contributed by atoms with van der Waals surface area (Å²) in [7, 11) is 4.13. The van der Waals surface area contributed by atoms with E-state index in [-0.39, 0.29) is 5.78 Å². The van der Waals surface area contributed by atoms with E-state index in [1.165, 1.54) is 0 Å². The molecule has 0 amide bonds. The number of hydrogen-bond donors (Lipinski definition) is 0. The van der Waals surface area contributed by atoms with Gasteiger partial charge in [-0.3, -0.25) is 4.79 Å². The second-order valence-electron chi connectivity index (χ2n) is 7.32. The van der Waals surface area contributed by atoms with Crippen LogP contribution in [0.25, 0.3) is 22.4 Å². The van der Waals surface area contributed by atoms with Crippen molar-refractivity contribution in [1.29, 1.82) is 0 Å². The second kappa shape index (κ2) is 7.53. The number of benzene rings is 2. The Kier molecular flexibility index (Phi) is 4.94. The molecule has 4 rings (SSSR count). The normalized spacial score (nSPS) is 14.0. The molecule has 3 aromatic rings. The molecule has 2 heterocycles. The number of ketones is 1. The zero-order chi connectivity index (χ0) is 18.8. The van der Waals surface area contributed by atoms with Crippen LogP contribution in [0.2, 0.25) is 0 Å². The smallest absolute Gasteiger partial charge is 0.165 e. The maximum Gasteiger partial charge on any atom is 0.165 e. The fraction of sp³-hybridized carbons (Fsp3) is 0.364. The number of aryl methyl sites for hydroxylation is 1. The minimum Gasteiger partial charge on any atom is -0.494 e. The van der Waals surface area contributed by atoms with Gasteiger partial charge >= 0.3 is 0 Å². The van der Waals surface area contributed by atoms with Crippen LogP contribution in [0.3, 0.4) is 0 Å². The molecule has 1 aliphatic rings. The average Bonchev–Trinajstić information content (AvgIpc) is 2.95. The number of para-hydroxylation sites is 1. The van der Waals surface area contributed by atoms with E-state index < -0.39 is 0 Å². The van der Waals surface area contributed by atoms with Crippen molar-refractivity contribution in [2.45, 2.75) is 25.8 Å². The number of aromatic nitrogens is 2. The molecule has 0 atom stereocenters. The van der Waals surface area contributed by atoms with Gasteiger partial charge in [0.15, 0.2) is 5.78 Å². The summed E-state index contributed by atoms with van der Waals surface area (Å²) in [6.45, 7) is 2.54. The summed E-state index contributed by atoms with van der Waals surface area (Å²) in [5, 5.41) is 0. The maximum atomic E-state index is 12.4. The van der Waals surface area contributed by atoms with Gasteiger partial charge in [-0.05, 0) is 63.3 Å². The molecule has 0 unspecified atom stereocenters. The molecule has 2 aromatic carbocycles. The van der Waals surface area contributed by atoms with Crippen molar-refractivity contribution in [1.82, 2.24) is 14.5 Å². The van der Waals surface area contributed by atoms with Gasteiger partial charge in [-0.2, -0.15) is 0 Å². The summed E-state index contributed by atoms with van der Waals surface area (Å²) in [5.74, 6) is 2.01. The van der Waals surface area contributed by atoms with Gasteiger partial charge in [0.1, 0.15) is 11.6 Å². The Bertz CT molecular complexity index is 958. The van der Waals surface area contributed by atoms with Crippen LogP contribution in [0.5, 0.6) is 5.75 Å². The lowest BCUT2D eigenvalue weighted by atomic mass is 10.1. The first kappa shape index (κ1) is 17.7. The van der Waals surface area contributed by atoms with Crippen molar-refractivity contribution in [3.8, 4) is 17.1 Å². The van der Waals surface area contributed by atoms with Gasteiger partial charge < -0.3 is 14.2 Å². The van der Waals surface area contributed by atoms with Crippen LogP contribution in [-0.4, -0.2) is 47.5 Å². The predicted octanol–water partition coefficient (Wildman–Crippen LogP) is 4.01. The van der Waals surface area contributed by atoms with Gasteiger partial charge in [-0.1, -0.05) is 6.07 Å². The Balaban J connectivity index is 1.60. The summed E-state index contributed by atoms with van der Waals surface area (Å²) in [6.07, 6.45) is 2.44. The molecule has 0 aliphatic carbocycles. The highest BCUT2D eigenvalue weighted by Crippen LogP contribution is 2.31. The number of rotatable bonds is 6. The quantitative estimate of drug-likeness (QED) is 0.621. The lowest BCUT2D eigenvalue weighted by Gasteiger charge is -2.11. The molecule has 1 aliphatic heterocycles. The van der Waals surface area contributed by atoms with E-state index in [1.807, 2.05) is 30.3 Å². The lowest BCUT2D eigenvalue weighted by Crippen LogP contribution is -2.15. The summed E-state index contributed by atoms with van der Waals surface area (Å²) in [4.78, 5) is 19.4. The van der Waals surface area contributed by atoms with Crippen molar-refractivity contribution in [3.05, 3.63) is 48.0 Å². The third kappa shape index (κ3) is 3.60. The Labute approximate surface area is 159 Å². The highest BCUT2D eigenvalue weighted by molar-refractivity contribution is 6.07. The van der Waals surface area contributed by atoms with Gasteiger partial charge in [0.25, 0.3) is 0 Å². The summed E-state index contributed by atoms with van der Waals surface area (Å²) in [5.41, 5.74) is 3.71. The first-order valence-electron chi connectivity index (χ1n) is 9.54. The van der Waals surface area contributed by atoms with E-state index in [1.54, 1.807) is 0 Å². The highest BCUT2D eigenvalue weighted by Gasteiger charge is 2.21. The molecule has 27 heavy (non-hydrogen) atoms. The molecule has 0 fully saturated rings. The molecule has 0 saturated carbocycles. The van der Waals surface area contributed by atoms with E-state index in [4.69, 9.17) is 9.72 Å². The van der Waals surface area contributed by atoms with Crippen LogP contribution < -0.4 is 4.74 Å². The molecule has 0 bridgehead atoms. The molecule has 1 aromatic heterocycles. The van der Waals surface area contributed by atoms with Crippen LogP contribution in [0, 0.1) is 0 Å². The van der Waals surface area contributed by atoms with Crippen LogP contribution in [0.1, 0.15) is 29.6 Å².